The van der Waals surface area contributed by atoms with Crippen molar-refractivity contribution in [3.8, 4) is 0 Å². The summed E-state index contributed by atoms with van der Waals surface area (Å²) in [4.78, 5) is 14.8. The van der Waals surface area contributed by atoms with Gasteiger partial charge >= 0.3 is 0 Å². The van der Waals surface area contributed by atoms with E-state index in [2.05, 4.69) is 10.00 Å². The van der Waals surface area contributed by atoms with Crippen molar-refractivity contribution >= 4 is 17.4 Å². The van der Waals surface area contributed by atoms with Crippen molar-refractivity contribution in [1.29, 1.82) is 0 Å². The second kappa shape index (κ2) is 5.47. The van der Waals surface area contributed by atoms with Crippen molar-refractivity contribution < 1.29 is 9.53 Å². The second-order valence-electron chi connectivity index (χ2n) is 5.95. The zero-order valence-electron chi connectivity index (χ0n) is 11.9. The van der Waals surface area contributed by atoms with Gasteiger partial charge in [0, 0.05) is 6.54 Å². The molecule has 2 aliphatic heterocycles. The van der Waals surface area contributed by atoms with Crippen molar-refractivity contribution in [3.63, 3.8) is 0 Å². The van der Waals surface area contributed by atoms with Crippen molar-refractivity contribution in [3.05, 3.63) is 16.9 Å². The minimum absolute atomic E-state index is 0.0407. The van der Waals surface area contributed by atoms with Gasteiger partial charge in [0.2, 0.25) is 0 Å². The SMILES string of the molecule is CN(C)CCn1ncc(Cl)c1C(=O)C1CC2CCC1O2. The minimum atomic E-state index is -0.0407. The van der Waals surface area contributed by atoms with E-state index in [9.17, 15) is 4.79 Å². The second-order valence-corrected chi connectivity index (χ2v) is 6.36. The molecule has 0 N–H and O–H groups in total. The Kier molecular flexibility index (Phi) is 3.84. The summed E-state index contributed by atoms with van der Waals surface area (Å²) >= 11 is 6.18. The van der Waals surface area contributed by atoms with Crippen molar-refractivity contribution in [2.24, 2.45) is 5.92 Å². The predicted octanol–water partition coefficient (Wildman–Crippen LogP) is 1.85. The molecule has 2 aliphatic rings. The van der Waals surface area contributed by atoms with E-state index < -0.39 is 0 Å². The van der Waals surface area contributed by atoms with Crippen LogP contribution in [0.1, 0.15) is 29.8 Å². The van der Waals surface area contributed by atoms with Gasteiger partial charge in [-0.25, -0.2) is 0 Å². The fraction of sp³-hybridized carbons (Fsp3) is 0.714. The van der Waals surface area contributed by atoms with Crippen molar-refractivity contribution in [2.45, 2.75) is 38.0 Å². The molecule has 20 heavy (non-hydrogen) atoms. The molecule has 110 valence electrons. The zero-order valence-corrected chi connectivity index (χ0v) is 12.6. The summed E-state index contributed by atoms with van der Waals surface area (Å²) < 4.78 is 7.51. The molecule has 5 nitrogen and oxygen atoms in total. The Bertz CT molecular complexity index is 515. The highest BCUT2D eigenvalue weighted by atomic mass is 35.5. The van der Waals surface area contributed by atoms with Gasteiger partial charge in [0.25, 0.3) is 0 Å². The van der Waals surface area contributed by atoms with Crippen LogP contribution in [0.4, 0.5) is 0 Å². The van der Waals surface area contributed by atoms with E-state index in [0.29, 0.717) is 17.3 Å². The average molecular weight is 298 g/mol. The Balaban J connectivity index is 1.78. The number of hydrogen-bond donors (Lipinski definition) is 0. The van der Waals surface area contributed by atoms with E-state index in [1.807, 2.05) is 14.1 Å². The van der Waals surface area contributed by atoms with Crippen LogP contribution in [0.5, 0.6) is 0 Å². The van der Waals surface area contributed by atoms with Gasteiger partial charge in [-0.15, -0.1) is 0 Å². The number of fused-ring (bicyclic) bond motifs is 2. The molecule has 3 atom stereocenters. The smallest absolute Gasteiger partial charge is 0.188 e. The van der Waals surface area contributed by atoms with E-state index in [1.54, 1.807) is 10.9 Å². The van der Waals surface area contributed by atoms with Crippen LogP contribution in [0.3, 0.4) is 0 Å². The largest absolute Gasteiger partial charge is 0.374 e. The number of nitrogens with zero attached hydrogens (tertiary/aromatic N) is 3. The molecule has 0 aromatic carbocycles. The van der Waals surface area contributed by atoms with Crippen LogP contribution in [0.15, 0.2) is 6.20 Å². The van der Waals surface area contributed by atoms with Crippen molar-refractivity contribution in [1.82, 2.24) is 14.7 Å². The summed E-state index contributed by atoms with van der Waals surface area (Å²) in [7, 11) is 3.99. The maximum atomic E-state index is 12.7. The van der Waals surface area contributed by atoms with Gasteiger partial charge in [0.05, 0.1) is 35.9 Å². The molecule has 0 spiro atoms. The molecule has 1 aromatic rings. The molecule has 6 heteroatoms. The van der Waals surface area contributed by atoms with Gasteiger partial charge in [-0.3, -0.25) is 9.48 Å². The summed E-state index contributed by atoms with van der Waals surface area (Å²) in [5.41, 5.74) is 0.551. The van der Waals surface area contributed by atoms with E-state index in [4.69, 9.17) is 16.3 Å². The lowest BCUT2D eigenvalue weighted by Gasteiger charge is -2.18. The Morgan fingerprint density at radius 3 is 2.95 bits per heavy atom. The molecule has 0 aliphatic carbocycles. The number of aromatic nitrogens is 2. The van der Waals surface area contributed by atoms with Gasteiger partial charge in [-0.2, -0.15) is 5.10 Å². The Morgan fingerprint density at radius 1 is 1.55 bits per heavy atom. The molecule has 0 amide bonds. The van der Waals surface area contributed by atoms with Crippen LogP contribution in [0, 0.1) is 5.92 Å². The molecule has 3 unspecified atom stereocenters. The van der Waals surface area contributed by atoms with E-state index in [1.165, 1.54) is 0 Å². The lowest BCUT2D eigenvalue weighted by atomic mass is 9.85. The molecule has 2 bridgehead atoms. The number of hydrogen-bond acceptors (Lipinski definition) is 4. The van der Waals surface area contributed by atoms with Crippen LogP contribution in [-0.4, -0.2) is 53.3 Å². The van der Waals surface area contributed by atoms with E-state index >= 15 is 0 Å². The normalized spacial score (nSPS) is 28.5. The highest BCUT2D eigenvalue weighted by molar-refractivity contribution is 6.33. The Hall–Kier alpha value is -0.910. The lowest BCUT2D eigenvalue weighted by Crippen LogP contribution is -2.29. The Labute approximate surface area is 123 Å². The maximum Gasteiger partial charge on any atom is 0.188 e. The number of ether oxygens (including phenoxy) is 1. The number of ketones is 1. The number of Topliss-reactive ketones (excluding diaryl/α,β-unsaturated/α-hetero) is 1. The molecule has 2 fully saturated rings. The van der Waals surface area contributed by atoms with Gasteiger partial charge in [-0.05, 0) is 33.4 Å². The first-order valence-electron chi connectivity index (χ1n) is 7.12. The van der Waals surface area contributed by atoms with E-state index in [-0.39, 0.29) is 23.9 Å². The topological polar surface area (TPSA) is 47.4 Å². The third-order valence-corrected chi connectivity index (χ3v) is 4.51. The third-order valence-electron chi connectivity index (χ3n) is 4.23. The number of carbonyl (C=O) groups excluding carboxylic acids is 1. The average Bonchev–Trinajstić information content (AvgIpc) is 3.10. The number of likely N-dealkylation sites (N-methyl/N-ethyl adjacent to an activating group) is 1. The van der Waals surface area contributed by atoms with E-state index in [0.717, 1.165) is 25.8 Å². The molecular formula is C14H20ClN3O2. The van der Waals surface area contributed by atoms with Gasteiger partial charge in [-0.1, -0.05) is 11.6 Å². The first-order chi connectivity index (χ1) is 9.56. The first kappa shape index (κ1) is 14.0. The summed E-state index contributed by atoms with van der Waals surface area (Å²) in [6.07, 6.45) is 4.83. The predicted molar refractivity (Wildman–Crippen MR) is 76.1 cm³/mol. The molecule has 0 radical (unpaired) electrons. The molecule has 3 rings (SSSR count). The minimum Gasteiger partial charge on any atom is -0.374 e. The van der Waals surface area contributed by atoms with Crippen molar-refractivity contribution in [2.75, 3.05) is 20.6 Å². The standard InChI is InChI=1S/C14H20ClN3O2/c1-17(2)5-6-18-13(11(15)8-16-18)14(19)10-7-9-3-4-12(10)20-9/h8-10,12H,3-7H2,1-2H3. The van der Waals surface area contributed by atoms with Gasteiger partial charge < -0.3 is 9.64 Å². The molecule has 0 saturated carbocycles. The summed E-state index contributed by atoms with van der Waals surface area (Å²) in [5.74, 6) is 0.0551. The summed E-state index contributed by atoms with van der Waals surface area (Å²) in [6.45, 7) is 1.49. The first-order valence-corrected chi connectivity index (χ1v) is 7.49. The van der Waals surface area contributed by atoms with Crippen LogP contribution in [0.2, 0.25) is 5.02 Å². The van der Waals surface area contributed by atoms with Gasteiger partial charge in [0.15, 0.2) is 5.78 Å². The highest BCUT2D eigenvalue weighted by Crippen LogP contribution is 2.40. The quantitative estimate of drug-likeness (QED) is 0.778. The van der Waals surface area contributed by atoms with Crippen LogP contribution < -0.4 is 0 Å². The monoisotopic (exact) mass is 297 g/mol. The molecular weight excluding hydrogens is 278 g/mol. The maximum absolute atomic E-state index is 12.7. The lowest BCUT2D eigenvalue weighted by molar-refractivity contribution is 0.0735. The van der Waals surface area contributed by atoms with Crippen LogP contribution >= 0.6 is 11.6 Å². The zero-order chi connectivity index (χ0) is 14.3. The Morgan fingerprint density at radius 2 is 2.35 bits per heavy atom. The third kappa shape index (κ3) is 2.50. The number of halogens is 1. The summed E-state index contributed by atoms with van der Waals surface area (Å²) in [6, 6.07) is 0. The summed E-state index contributed by atoms with van der Waals surface area (Å²) in [5, 5.41) is 4.69. The van der Waals surface area contributed by atoms with Gasteiger partial charge in [0.1, 0.15) is 5.69 Å². The fourth-order valence-electron chi connectivity index (χ4n) is 3.16. The number of carbonyl (C=O) groups is 1. The molecule has 2 saturated heterocycles. The highest BCUT2D eigenvalue weighted by Gasteiger charge is 2.45. The molecule has 3 heterocycles. The van der Waals surface area contributed by atoms with Crippen LogP contribution in [0.25, 0.3) is 0 Å². The van der Waals surface area contributed by atoms with Crippen LogP contribution in [-0.2, 0) is 11.3 Å². The number of rotatable bonds is 5. The fourth-order valence-corrected chi connectivity index (χ4v) is 3.40. The molecule has 1 aromatic heterocycles.